The van der Waals surface area contributed by atoms with E-state index in [2.05, 4.69) is 11.9 Å². The highest BCUT2D eigenvalue weighted by atomic mass is 35.5. The number of imide groups is 2. The summed E-state index contributed by atoms with van der Waals surface area (Å²) >= 11 is 12.2. The van der Waals surface area contributed by atoms with Crippen molar-refractivity contribution in [1.82, 2.24) is 5.32 Å². The lowest BCUT2D eigenvalue weighted by atomic mass is 10.0. The Hall–Kier alpha value is -3.29. The van der Waals surface area contributed by atoms with Crippen LogP contribution in [0.3, 0.4) is 0 Å². The Balaban J connectivity index is 2.10. The highest BCUT2D eigenvalue weighted by molar-refractivity contribution is 6.46. The standard InChI is InChI=1S/C22H18Cl2N2O5/c1-3-6-13-9-12(11-17(19(13)27)31-4-2)10-14-20(28)25-22(30)26(21(14)29)16-8-5-7-15(23)18(16)24/h3,5,7-11,27H,1,4,6H2,2H3,(H,25,28,30)/b14-10+. The second kappa shape index (κ2) is 9.24. The number of hydrogen-bond acceptors (Lipinski definition) is 5. The monoisotopic (exact) mass is 460 g/mol. The molecule has 1 fully saturated rings. The van der Waals surface area contributed by atoms with Crippen molar-refractivity contribution in [2.45, 2.75) is 13.3 Å². The number of phenolic OH excluding ortho intramolecular Hbond substituents is 1. The van der Waals surface area contributed by atoms with E-state index in [0.29, 0.717) is 24.2 Å². The molecule has 0 atom stereocenters. The summed E-state index contributed by atoms with van der Waals surface area (Å²) in [6.45, 7) is 5.72. The van der Waals surface area contributed by atoms with Crippen LogP contribution >= 0.6 is 23.2 Å². The van der Waals surface area contributed by atoms with Crippen molar-refractivity contribution >= 4 is 52.8 Å². The normalized spacial score (nSPS) is 15.3. The van der Waals surface area contributed by atoms with Crippen molar-refractivity contribution in [3.05, 3.63) is 69.7 Å². The smallest absolute Gasteiger partial charge is 0.336 e. The van der Waals surface area contributed by atoms with Crippen LogP contribution < -0.4 is 15.0 Å². The number of rotatable bonds is 6. The van der Waals surface area contributed by atoms with Crippen LogP contribution in [0.25, 0.3) is 6.08 Å². The number of urea groups is 1. The molecule has 2 N–H and O–H groups in total. The van der Waals surface area contributed by atoms with Gasteiger partial charge in [-0.2, -0.15) is 0 Å². The van der Waals surface area contributed by atoms with E-state index in [1.807, 2.05) is 0 Å². The average Bonchev–Trinajstić information content (AvgIpc) is 2.72. The third-order valence-electron chi connectivity index (χ3n) is 4.43. The Bertz CT molecular complexity index is 1130. The van der Waals surface area contributed by atoms with Gasteiger partial charge in [0.1, 0.15) is 5.57 Å². The molecule has 7 nitrogen and oxygen atoms in total. The van der Waals surface area contributed by atoms with E-state index in [4.69, 9.17) is 27.9 Å². The fraction of sp³-hybridized carbons (Fsp3) is 0.136. The first-order valence-corrected chi connectivity index (χ1v) is 9.99. The lowest BCUT2D eigenvalue weighted by Gasteiger charge is -2.27. The van der Waals surface area contributed by atoms with Crippen molar-refractivity contribution < 1.29 is 24.2 Å². The highest BCUT2D eigenvalue weighted by Gasteiger charge is 2.38. The molecule has 31 heavy (non-hydrogen) atoms. The number of benzene rings is 2. The van der Waals surface area contributed by atoms with Crippen LogP contribution in [0.2, 0.25) is 10.0 Å². The predicted octanol–water partition coefficient (Wildman–Crippen LogP) is 4.49. The minimum absolute atomic E-state index is 0.00194. The molecule has 1 saturated heterocycles. The number of phenols is 1. The van der Waals surface area contributed by atoms with E-state index in [9.17, 15) is 19.5 Å². The van der Waals surface area contributed by atoms with E-state index in [1.54, 1.807) is 19.1 Å². The topological polar surface area (TPSA) is 95.9 Å². The number of carbonyl (C=O) groups is 3. The van der Waals surface area contributed by atoms with Crippen molar-refractivity contribution in [3.63, 3.8) is 0 Å². The molecule has 0 radical (unpaired) electrons. The molecule has 160 valence electrons. The van der Waals surface area contributed by atoms with Gasteiger partial charge in [0.2, 0.25) is 0 Å². The summed E-state index contributed by atoms with van der Waals surface area (Å²) < 4.78 is 5.45. The molecule has 4 amide bonds. The SMILES string of the molecule is C=CCc1cc(/C=C2\C(=O)NC(=O)N(c3cccc(Cl)c3Cl)C2=O)cc(OCC)c1O. The summed E-state index contributed by atoms with van der Waals surface area (Å²) in [5.41, 5.74) is 0.668. The Morgan fingerprint density at radius 3 is 2.65 bits per heavy atom. The summed E-state index contributed by atoms with van der Waals surface area (Å²) in [6.07, 6.45) is 3.25. The molecular weight excluding hydrogens is 443 g/mol. The molecule has 1 heterocycles. The fourth-order valence-electron chi connectivity index (χ4n) is 3.06. The van der Waals surface area contributed by atoms with Gasteiger partial charge in [0.05, 0.1) is 22.3 Å². The van der Waals surface area contributed by atoms with Gasteiger partial charge in [0.25, 0.3) is 11.8 Å². The van der Waals surface area contributed by atoms with Gasteiger partial charge in [0, 0.05) is 5.56 Å². The van der Waals surface area contributed by atoms with Crippen LogP contribution in [0.5, 0.6) is 11.5 Å². The lowest BCUT2D eigenvalue weighted by molar-refractivity contribution is -0.122. The van der Waals surface area contributed by atoms with E-state index in [0.717, 1.165) is 4.90 Å². The van der Waals surface area contributed by atoms with Gasteiger partial charge >= 0.3 is 6.03 Å². The summed E-state index contributed by atoms with van der Waals surface area (Å²) in [6, 6.07) is 6.62. The van der Waals surface area contributed by atoms with E-state index >= 15 is 0 Å². The Kier molecular flexibility index (Phi) is 6.68. The number of nitrogens with one attached hydrogen (secondary N) is 1. The van der Waals surface area contributed by atoms with Crippen LogP contribution in [0.15, 0.2) is 48.6 Å². The first-order chi connectivity index (χ1) is 14.8. The number of halogens is 2. The third kappa shape index (κ3) is 4.42. The maximum absolute atomic E-state index is 13.1. The van der Waals surface area contributed by atoms with E-state index < -0.39 is 17.8 Å². The zero-order chi connectivity index (χ0) is 22.7. The fourth-order valence-corrected chi connectivity index (χ4v) is 3.44. The average molecular weight is 461 g/mol. The van der Waals surface area contributed by atoms with Crippen LogP contribution in [0, 0.1) is 0 Å². The Morgan fingerprint density at radius 2 is 1.97 bits per heavy atom. The summed E-state index contributed by atoms with van der Waals surface area (Å²) in [7, 11) is 0. The number of allylic oxidation sites excluding steroid dienone is 1. The van der Waals surface area contributed by atoms with Crippen LogP contribution in [0.4, 0.5) is 10.5 Å². The molecule has 1 aliphatic rings. The second-order valence-electron chi connectivity index (χ2n) is 6.48. The number of ether oxygens (including phenoxy) is 1. The first-order valence-electron chi connectivity index (χ1n) is 9.23. The summed E-state index contributed by atoms with van der Waals surface area (Å²) in [5, 5.41) is 12.6. The van der Waals surface area contributed by atoms with Gasteiger partial charge in [-0.05, 0) is 49.2 Å². The zero-order valence-electron chi connectivity index (χ0n) is 16.4. The molecule has 0 saturated carbocycles. The zero-order valence-corrected chi connectivity index (χ0v) is 18.0. The van der Waals surface area contributed by atoms with Gasteiger partial charge in [-0.25, -0.2) is 9.69 Å². The molecule has 1 aliphatic heterocycles. The largest absolute Gasteiger partial charge is 0.504 e. The molecule has 2 aromatic rings. The van der Waals surface area contributed by atoms with Gasteiger partial charge in [-0.3, -0.25) is 14.9 Å². The van der Waals surface area contributed by atoms with Crippen LogP contribution in [-0.4, -0.2) is 29.6 Å². The third-order valence-corrected chi connectivity index (χ3v) is 5.23. The summed E-state index contributed by atoms with van der Waals surface area (Å²) in [5.74, 6) is -1.58. The minimum atomic E-state index is -0.940. The molecule has 0 spiro atoms. The Morgan fingerprint density at radius 1 is 1.23 bits per heavy atom. The second-order valence-corrected chi connectivity index (χ2v) is 7.27. The molecule has 9 heteroatoms. The van der Waals surface area contributed by atoms with Gasteiger partial charge in [0.15, 0.2) is 11.5 Å². The molecule has 3 rings (SSSR count). The molecule has 0 unspecified atom stereocenters. The number of nitrogens with zero attached hydrogens (tertiary/aromatic N) is 1. The quantitative estimate of drug-likeness (QED) is 0.376. The Labute approximate surface area is 188 Å². The van der Waals surface area contributed by atoms with Gasteiger partial charge < -0.3 is 9.84 Å². The lowest BCUT2D eigenvalue weighted by Crippen LogP contribution is -2.54. The van der Waals surface area contributed by atoms with Gasteiger partial charge in [-0.15, -0.1) is 6.58 Å². The molecule has 2 aromatic carbocycles. The number of anilines is 1. The number of carbonyl (C=O) groups excluding carboxylic acids is 3. The number of hydrogen-bond donors (Lipinski definition) is 2. The molecule has 0 bridgehead atoms. The maximum Gasteiger partial charge on any atom is 0.336 e. The van der Waals surface area contributed by atoms with Crippen molar-refractivity contribution in [3.8, 4) is 11.5 Å². The molecule has 0 aliphatic carbocycles. The van der Waals surface area contributed by atoms with Crippen LogP contribution in [-0.2, 0) is 16.0 Å². The first kappa shape index (κ1) is 22.4. The number of aromatic hydroxyl groups is 1. The summed E-state index contributed by atoms with van der Waals surface area (Å²) in [4.78, 5) is 38.6. The van der Waals surface area contributed by atoms with Crippen molar-refractivity contribution in [2.75, 3.05) is 11.5 Å². The van der Waals surface area contributed by atoms with Gasteiger partial charge in [-0.1, -0.05) is 35.3 Å². The number of amides is 4. The highest BCUT2D eigenvalue weighted by Crippen LogP contribution is 2.36. The minimum Gasteiger partial charge on any atom is -0.504 e. The number of barbiturate groups is 1. The van der Waals surface area contributed by atoms with Crippen LogP contribution in [0.1, 0.15) is 18.1 Å². The molecule has 0 aromatic heterocycles. The van der Waals surface area contributed by atoms with Crippen molar-refractivity contribution in [1.29, 1.82) is 0 Å². The van der Waals surface area contributed by atoms with E-state index in [-0.39, 0.29) is 32.8 Å². The van der Waals surface area contributed by atoms with E-state index in [1.165, 1.54) is 30.3 Å². The maximum atomic E-state index is 13.1. The molecular formula is C22H18Cl2N2O5. The predicted molar refractivity (Wildman–Crippen MR) is 119 cm³/mol. The van der Waals surface area contributed by atoms with Crippen molar-refractivity contribution in [2.24, 2.45) is 0 Å².